The Labute approximate surface area is 199 Å². The van der Waals surface area contributed by atoms with Crippen LogP contribution in [-0.4, -0.2) is 34.9 Å². The van der Waals surface area contributed by atoms with Gasteiger partial charge in [-0.1, -0.05) is 49.9 Å². The van der Waals surface area contributed by atoms with Crippen molar-refractivity contribution >= 4 is 41.4 Å². The van der Waals surface area contributed by atoms with Gasteiger partial charge in [0.25, 0.3) is 0 Å². The molecule has 0 amide bonds. The number of rotatable bonds is 9. The molecule has 1 heterocycles. The van der Waals surface area contributed by atoms with E-state index < -0.39 is 5.69 Å². The van der Waals surface area contributed by atoms with Crippen LogP contribution >= 0.6 is 5.69 Å². The summed E-state index contributed by atoms with van der Waals surface area (Å²) in [6.45, 7) is 7.06. The van der Waals surface area contributed by atoms with Crippen molar-refractivity contribution < 1.29 is 30.6 Å². The van der Waals surface area contributed by atoms with Crippen LogP contribution in [0.5, 0.6) is 0 Å². The smallest absolute Gasteiger partial charge is 0.238 e. The first-order valence-corrected chi connectivity index (χ1v) is 12.9. The third-order valence-corrected chi connectivity index (χ3v) is 5.53. The van der Waals surface area contributed by atoms with E-state index in [0.717, 1.165) is 18.5 Å². The molecule has 1 N–H and O–H groups in total. The number of aromatic nitrogens is 1. The van der Waals surface area contributed by atoms with E-state index in [-0.39, 0.29) is 22.4 Å². The summed E-state index contributed by atoms with van der Waals surface area (Å²) >= 11 is 9.91. The van der Waals surface area contributed by atoms with Crippen LogP contribution in [0.3, 0.4) is 0 Å². The Bertz CT molecular complexity index is 759. The first-order valence-electron chi connectivity index (χ1n) is 9.27. The zero-order valence-electron chi connectivity index (χ0n) is 17.2. The number of hydrogen-bond acceptors (Lipinski definition) is 7. The van der Waals surface area contributed by atoms with Gasteiger partial charge in [-0.3, -0.25) is 4.98 Å². The van der Waals surface area contributed by atoms with Gasteiger partial charge in [-0.25, -0.2) is 0 Å². The zero-order chi connectivity index (χ0) is 21.5. The van der Waals surface area contributed by atoms with Crippen molar-refractivity contribution in [3.63, 3.8) is 0 Å². The molecule has 6 nitrogen and oxygen atoms in total. The second-order valence-corrected chi connectivity index (χ2v) is 10.8. The molecule has 2 rings (SSSR count). The summed E-state index contributed by atoms with van der Waals surface area (Å²) in [5.41, 5.74) is -0.286. The molecule has 0 atom stereocenters. The van der Waals surface area contributed by atoms with Crippen molar-refractivity contribution in [2.75, 3.05) is 13.2 Å². The maximum Gasteiger partial charge on any atom is 0.238 e. The molecular weight excluding hydrogens is 484 g/mol. The van der Waals surface area contributed by atoms with E-state index in [1.54, 1.807) is 25.3 Å². The molecule has 0 aliphatic rings. The van der Waals surface area contributed by atoms with Crippen LogP contribution in [0.25, 0.3) is 0 Å². The van der Waals surface area contributed by atoms with Gasteiger partial charge in [0, 0.05) is 28.3 Å². The van der Waals surface area contributed by atoms with E-state index >= 15 is 0 Å². The van der Waals surface area contributed by atoms with E-state index in [0.29, 0.717) is 24.5 Å². The number of aliphatic hydroxyl groups is 1. The van der Waals surface area contributed by atoms with Crippen LogP contribution in [0, 0.1) is 0 Å². The normalized spacial score (nSPS) is 11.9. The molecule has 0 saturated heterocycles. The summed E-state index contributed by atoms with van der Waals surface area (Å²) < 4.78 is 10.4. The Hall–Kier alpha value is -1.08. The predicted octanol–water partition coefficient (Wildman–Crippen LogP) is 5.42. The van der Waals surface area contributed by atoms with Crippen LogP contribution in [0.1, 0.15) is 44.9 Å². The Morgan fingerprint density at radius 2 is 1.60 bits per heavy atom. The number of hydrogen-bond donors (Lipinski definition) is 1. The molecular formula is C20H27N3NiO3PS2-. The molecule has 1 aromatic heterocycles. The largest absolute Gasteiger partial charge is 0.691 e. The van der Waals surface area contributed by atoms with E-state index in [2.05, 4.69) is 15.2 Å². The minimum atomic E-state index is -2.31. The third kappa shape index (κ3) is 12.6. The van der Waals surface area contributed by atoms with Gasteiger partial charge in [0.05, 0.1) is 30.3 Å². The number of nitrogens with zero attached hydrogens (tertiary/aromatic N) is 3. The standard InChI is InChI=1S/C14H13N3O.C6H15O2PS2.Ni/c1-11(13-9-5-6-10-15-13)16-17-14(18)12-7-3-2-4-8-12;1-3-5-7-9(10,11)8-6-4-2;/h2-10H,1H3,(H,17,18);3-6H2,1-2H3,(H,10,11);/p-1/b16-11+;;. The number of aliphatic hydroxyl groups excluding tert-OH is 1. The molecule has 0 unspecified atom stereocenters. The number of pyridine rings is 1. The summed E-state index contributed by atoms with van der Waals surface area (Å²) in [5, 5.41) is 17.5. The molecule has 0 saturated carbocycles. The van der Waals surface area contributed by atoms with E-state index in [1.807, 2.05) is 50.2 Å². The van der Waals surface area contributed by atoms with Gasteiger partial charge in [0.2, 0.25) is 5.90 Å². The van der Waals surface area contributed by atoms with Crippen LogP contribution in [0.15, 0.2) is 64.9 Å². The predicted molar refractivity (Wildman–Crippen MR) is 126 cm³/mol. The van der Waals surface area contributed by atoms with Gasteiger partial charge >= 0.3 is 0 Å². The molecule has 168 valence electrons. The SMILES string of the molecule is C/C(=N\N=C(/O)c1ccccc1)c1ccccn1.CCCOP(=S)([S-])OCCC.[Ni]. The van der Waals surface area contributed by atoms with E-state index in [9.17, 15) is 5.11 Å². The summed E-state index contributed by atoms with van der Waals surface area (Å²) in [7, 11) is 0. The summed E-state index contributed by atoms with van der Waals surface area (Å²) in [4.78, 5) is 4.15. The molecule has 0 bridgehead atoms. The average Bonchev–Trinajstić information content (AvgIpc) is 2.76. The molecule has 0 aliphatic heterocycles. The maximum atomic E-state index is 9.74. The Kier molecular flexibility index (Phi) is 16.0. The van der Waals surface area contributed by atoms with Crippen LogP contribution in [0.2, 0.25) is 0 Å². The maximum absolute atomic E-state index is 9.74. The van der Waals surface area contributed by atoms with Crippen LogP contribution in [-0.2, 0) is 49.6 Å². The van der Waals surface area contributed by atoms with Gasteiger partial charge in [-0.2, -0.15) is 0 Å². The molecule has 10 heteroatoms. The number of benzene rings is 1. The monoisotopic (exact) mass is 510 g/mol. The second-order valence-electron chi connectivity index (χ2n) is 5.80. The van der Waals surface area contributed by atoms with Crippen molar-refractivity contribution in [2.45, 2.75) is 33.6 Å². The van der Waals surface area contributed by atoms with Gasteiger partial charge in [0.15, 0.2) is 0 Å². The topological polar surface area (TPSA) is 76.3 Å². The molecule has 0 aliphatic carbocycles. The molecule has 0 fully saturated rings. The fraction of sp³-hybridized carbons (Fsp3) is 0.350. The Morgan fingerprint density at radius 3 is 2.10 bits per heavy atom. The minimum absolute atomic E-state index is 0. The first-order chi connectivity index (χ1) is 13.9. The van der Waals surface area contributed by atoms with Crippen molar-refractivity contribution in [2.24, 2.45) is 10.2 Å². The van der Waals surface area contributed by atoms with Crippen molar-refractivity contribution in [1.29, 1.82) is 0 Å². The third-order valence-electron chi connectivity index (χ3n) is 3.27. The molecule has 30 heavy (non-hydrogen) atoms. The molecule has 2 aromatic rings. The van der Waals surface area contributed by atoms with Crippen LogP contribution < -0.4 is 0 Å². The zero-order valence-corrected chi connectivity index (χ0v) is 20.7. The summed E-state index contributed by atoms with van der Waals surface area (Å²) in [6, 6.07) is 14.6. The quantitative estimate of drug-likeness (QED) is 0.121. The fourth-order valence-electron chi connectivity index (χ4n) is 1.84. The first kappa shape index (κ1) is 28.9. The molecule has 0 radical (unpaired) electrons. The van der Waals surface area contributed by atoms with Gasteiger partial charge in [0.1, 0.15) is 0 Å². The molecule has 1 aromatic carbocycles. The van der Waals surface area contributed by atoms with E-state index in [4.69, 9.17) is 33.1 Å². The van der Waals surface area contributed by atoms with E-state index in [1.165, 1.54) is 0 Å². The Balaban J connectivity index is 0.000000612. The molecule has 0 spiro atoms. The second kappa shape index (κ2) is 16.6. The van der Waals surface area contributed by atoms with Crippen molar-refractivity contribution in [3.05, 3.63) is 66.0 Å². The fourth-order valence-corrected chi connectivity index (χ4v) is 3.62. The summed E-state index contributed by atoms with van der Waals surface area (Å²) in [6.07, 6.45) is 3.56. The van der Waals surface area contributed by atoms with Crippen molar-refractivity contribution in [1.82, 2.24) is 4.98 Å². The Morgan fingerprint density at radius 1 is 1.03 bits per heavy atom. The summed E-state index contributed by atoms with van der Waals surface area (Å²) in [5.74, 6) is -0.106. The van der Waals surface area contributed by atoms with Gasteiger partial charge in [-0.15, -0.1) is 10.2 Å². The van der Waals surface area contributed by atoms with Gasteiger partial charge in [-0.05, 0) is 44.0 Å². The van der Waals surface area contributed by atoms with Gasteiger partial charge < -0.3 is 26.4 Å². The average molecular weight is 511 g/mol. The van der Waals surface area contributed by atoms with Crippen LogP contribution in [0.4, 0.5) is 0 Å². The minimum Gasteiger partial charge on any atom is -0.691 e. The van der Waals surface area contributed by atoms with Crippen molar-refractivity contribution in [3.8, 4) is 0 Å².